The van der Waals surface area contributed by atoms with E-state index in [1.165, 1.54) is 31.9 Å². The minimum atomic E-state index is 0.876. The molecule has 3 aromatic carbocycles. The van der Waals surface area contributed by atoms with Gasteiger partial charge in [0.2, 0.25) is 0 Å². The fourth-order valence-corrected chi connectivity index (χ4v) is 4.94. The van der Waals surface area contributed by atoms with Crippen molar-refractivity contribution in [3.63, 3.8) is 0 Å². The van der Waals surface area contributed by atoms with Crippen molar-refractivity contribution in [3.8, 4) is 16.9 Å². The van der Waals surface area contributed by atoms with Crippen molar-refractivity contribution >= 4 is 43.2 Å². The molecule has 0 bridgehead atoms. The van der Waals surface area contributed by atoms with Crippen LogP contribution in [0.25, 0.3) is 48.8 Å². The van der Waals surface area contributed by atoms with Crippen LogP contribution < -0.4 is 0 Å². The first kappa shape index (κ1) is 15.5. The van der Waals surface area contributed by atoms with Crippen molar-refractivity contribution in [1.29, 1.82) is 0 Å². The summed E-state index contributed by atoms with van der Waals surface area (Å²) in [6, 6.07) is 27.5. The van der Waals surface area contributed by atoms with Gasteiger partial charge in [-0.05, 0) is 35.0 Å². The lowest BCUT2D eigenvalue weighted by Gasteiger charge is -2.09. The average molecular weight is 377 g/mol. The Morgan fingerprint density at radius 2 is 1.64 bits per heavy atom. The van der Waals surface area contributed by atoms with Gasteiger partial charge in [-0.25, -0.2) is 0 Å². The Labute approximate surface area is 165 Å². The van der Waals surface area contributed by atoms with Gasteiger partial charge in [0.15, 0.2) is 0 Å². The summed E-state index contributed by atoms with van der Waals surface area (Å²) >= 11 is 1.80. The second-order valence-corrected chi connectivity index (χ2v) is 7.73. The zero-order valence-electron chi connectivity index (χ0n) is 14.9. The van der Waals surface area contributed by atoms with E-state index in [2.05, 4.69) is 80.8 Å². The predicted octanol–water partition coefficient (Wildman–Crippen LogP) is 6.46. The van der Waals surface area contributed by atoms with Crippen molar-refractivity contribution in [3.05, 3.63) is 90.4 Å². The first-order valence-corrected chi connectivity index (χ1v) is 10.1. The molecule has 0 unspecified atom stereocenters. The molecule has 0 aliphatic heterocycles. The van der Waals surface area contributed by atoms with E-state index in [0.717, 1.165) is 16.9 Å². The van der Waals surface area contributed by atoms with E-state index >= 15 is 0 Å². The van der Waals surface area contributed by atoms with Crippen LogP contribution in [0.1, 0.15) is 0 Å². The minimum absolute atomic E-state index is 0.876. The first-order valence-electron chi connectivity index (χ1n) is 9.18. The molecule has 132 valence electrons. The van der Waals surface area contributed by atoms with Crippen molar-refractivity contribution in [2.75, 3.05) is 0 Å². The molecule has 0 amide bonds. The minimum Gasteiger partial charge on any atom is -0.307 e. The molecule has 0 saturated heterocycles. The van der Waals surface area contributed by atoms with E-state index in [0.29, 0.717) is 0 Å². The molecule has 3 aromatic heterocycles. The molecular formula is C24H15N3S. The van der Waals surface area contributed by atoms with Gasteiger partial charge in [-0.3, -0.25) is 0 Å². The molecule has 0 aliphatic carbocycles. The number of hydrogen-bond donors (Lipinski definition) is 0. The lowest BCUT2D eigenvalue weighted by molar-refractivity contribution is 1.01. The largest absolute Gasteiger partial charge is 0.307 e. The Morgan fingerprint density at radius 1 is 0.786 bits per heavy atom. The Morgan fingerprint density at radius 3 is 2.57 bits per heavy atom. The number of hydrogen-bond acceptors (Lipinski definition) is 3. The highest BCUT2D eigenvalue weighted by Crippen LogP contribution is 2.38. The van der Waals surface area contributed by atoms with Gasteiger partial charge in [0, 0.05) is 21.0 Å². The number of rotatable bonds is 2. The second-order valence-electron chi connectivity index (χ2n) is 6.82. The SMILES string of the molecule is c1ccc(-c2cc(-n3c4ccccc4c4c5sccc5ccc43)cnn2)cc1. The summed E-state index contributed by atoms with van der Waals surface area (Å²) in [7, 11) is 0. The highest BCUT2D eigenvalue weighted by molar-refractivity contribution is 7.18. The molecule has 0 radical (unpaired) electrons. The lowest BCUT2D eigenvalue weighted by Crippen LogP contribution is -1.97. The van der Waals surface area contributed by atoms with Crippen molar-refractivity contribution in [2.24, 2.45) is 0 Å². The fourth-order valence-electron chi connectivity index (χ4n) is 3.99. The topological polar surface area (TPSA) is 30.7 Å². The maximum absolute atomic E-state index is 4.36. The van der Waals surface area contributed by atoms with Crippen LogP contribution in [0, 0.1) is 0 Å². The third-order valence-corrected chi connectivity index (χ3v) is 6.17. The van der Waals surface area contributed by atoms with Crippen LogP contribution in [0.15, 0.2) is 90.4 Å². The quantitative estimate of drug-likeness (QED) is 0.347. The van der Waals surface area contributed by atoms with E-state index in [1.54, 1.807) is 11.3 Å². The van der Waals surface area contributed by atoms with Gasteiger partial charge in [-0.15, -0.1) is 11.3 Å². The van der Waals surface area contributed by atoms with Crippen LogP contribution in [-0.2, 0) is 0 Å². The summed E-state index contributed by atoms with van der Waals surface area (Å²) in [5.41, 5.74) is 5.35. The number of benzene rings is 3. The summed E-state index contributed by atoms with van der Waals surface area (Å²) in [4.78, 5) is 0. The molecule has 3 nitrogen and oxygen atoms in total. The first-order chi connectivity index (χ1) is 13.9. The van der Waals surface area contributed by atoms with Crippen molar-refractivity contribution < 1.29 is 0 Å². The van der Waals surface area contributed by atoms with Crippen molar-refractivity contribution in [1.82, 2.24) is 14.8 Å². The monoisotopic (exact) mass is 377 g/mol. The van der Waals surface area contributed by atoms with Crippen LogP contribution in [-0.4, -0.2) is 14.8 Å². The summed E-state index contributed by atoms with van der Waals surface area (Å²) in [6.07, 6.45) is 1.84. The van der Waals surface area contributed by atoms with Gasteiger partial charge in [0.05, 0.1) is 28.6 Å². The zero-order valence-corrected chi connectivity index (χ0v) is 15.7. The van der Waals surface area contributed by atoms with E-state index in [-0.39, 0.29) is 0 Å². The Kier molecular flexibility index (Phi) is 3.34. The van der Waals surface area contributed by atoms with Crippen LogP contribution in [0.2, 0.25) is 0 Å². The number of nitrogens with zero attached hydrogens (tertiary/aromatic N) is 3. The molecule has 0 atom stereocenters. The van der Waals surface area contributed by atoms with E-state index < -0.39 is 0 Å². The molecule has 4 heteroatoms. The van der Waals surface area contributed by atoms with Crippen molar-refractivity contribution in [2.45, 2.75) is 0 Å². The van der Waals surface area contributed by atoms with E-state index in [9.17, 15) is 0 Å². The molecule has 6 rings (SSSR count). The van der Waals surface area contributed by atoms with E-state index in [1.807, 2.05) is 24.4 Å². The summed E-state index contributed by atoms with van der Waals surface area (Å²) in [5, 5.41) is 14.7. The Bertz CT molecular complexity index is 1460. The standard InChI is InChI=1S/C24H15N3S/c1-2-6-16(7-3-1)20-14-18(15-25-26-20)27-21-9-5-4-8-19(21)23-22(27)11-10-17-12-13-28-24(17)23/h1-15H. The van der Waals surface area contributed by atoms with Crippen LogP contribution in [0.3, 0.4) is 0 Å². The lowest BCUT2D eigenvalue weighted by atomic mass is 10.1. The summed E-state index contributed by atoms with van der Waals surface area (Å²) < 4.78 is 3.63. The molecule has 0 fully saturated rings. The maximum Gasteiger partial charge on any atom is 0.0950 e. The van der Waals surface area contributed by atoms with Gasteiger partial charge in [0.25, 0.3) is 0 Å². The van der Waals surface area contributed by atoms with E-state index in [4.69, 9.17) is 0 Å². The Balaban J connectivity index is 1.71. The summed E-state index contributed by atoms with van der Waals surface area (Å²) in [6.45, 7) is 0. The molecule has 3 heterocycles. The zero-order chi connectivity index (χ0) is 18.5. The van der Waals surface area contributed by atoms with Gasteiger partial charge < -0.3 is 4.57 Å². The third-order valence-electron chi connectivity index (χ3n) is 5.22. The number of fused-ring (bicyclic) bond motifs is 5. The van der Waals surface area contributed by atoms with Crippen LogP contribution in [0.5, 0.6) is 0 Å². The molecule has 28 heavy (non-hydrogen) atoms. The average Bonchev–Trinajstić information content (AvgIpc) is 3.36. The molecule has 6 aromatic rings. The number of aromatic nitrogens is 3. The molecular weight excluding hydrogens is 362 g/mol. The van der Waals surface area contributed by atoms with Gasteiger partial charge in [-0.1, -0.05) is 54.6 Å². The third kappa shape index (κ3) is 2.22. The van der Waals surface area contributed by atoms with Gasteiger partial charge in [-0.2, -0.15) is 10.2 Å². The molecule has 0 spiro atoms. The van der Waals surface area contributed by atoms with Gasteiger partial charge >= 0.3 is 0 Å². The number of thiophene rings is 1. The number of para-hydroxylation sites is 1. The highest BCUT2D eigenvalue weighted by atomic mass is 32.1. The van der Waals surface area contributed by atoms with Gasteiger partial charge in [0.1, 0.15) is 0 Å². The van der Waals surface area contributed by atoms with Crippen LogP contribution >= 0.6 is 11.3 Å². The second kappa shape index (κ2) is 6.01. The molecule has 0 saturated carbocycles. The Hall–Kier alpha value is -3.50. The normalized spacial score (nSPS) is 11.6. The molecule has 0 aliphatic rings. The molecule has 0 N–H and O–H groups in total. The summed E-state index contributed by atoms with van der Waals surface area (Å²) in [5.74, 6) is 0. The smallest absolute Gasteiger partial charge is 0.0950 e. The fraction of sp³-hybridized carbons (Fsp3) is 0. The predicted molar refractivity (Wildman–Crippen MR) is 117 cm³/mol. The highest BCUT2D eigenvalue weighted by Gasteiger charge is 2.15. The maximum atomic E-state index is 4.36. The van der Waals surface area contributed by atoms with Crippen LogP contribution in [0.4, 0.5) is 0 Å².